The quantitative estimate of drug-likeness (QED) is 0.473. The van der Waals surface area contributed by atoms with E-state index in [1.807, 2.05) is 0 Å². The van der Waals surface area contributed by atoms with Crippen molar-refractivity contribution in [3.8, 4) is 0 Å². The maximum atomic E-state index is 10.8. The van der Waals surface area contributed by atoms with Gasteiger partial charge in [0.05, 0.1) is 0 Å². The van der Waals surface area contributed by atoms with Crippen LogP contribution in [0.25, 0.3) is 0 Å². The maximum Gasteiger partial charge on any atom is 0.508 e. The van der Waals surface area contributed by atoms with E-state index < -0.39 is 6.16 Å². The Morgan fingerprint density at radius 3 is 2.79 bits per heavy atom. The molecule has 14 heavy (non-hydrogen) atoms. The first kappa shape index (κ1) is 8.33. The van der Waals surface area contributed by atoms with Crippen molar-refractivity contribution in [2.75, 3.05) is 6.61 Å². The Morgan fingerprint density at radius 2 is 2.29 bits per heavy atom. The Bertz CT molecular complexity index is 297. The molecule has 0 aromatic rings. The number of carbonyl (C=O) groups is 1. The van der Waals surface area contributed by atoms with E-state index in [2.05, 4.69) is 19.1 Å². The molecule has 5 atom stereocenters. The van der Waals surface area contributed by atoms with E-state index in [1.54, 1.807) is 0 Å². The zero-order valence-corrected chi connectivity index (χ0v) is 8.18. The summed E-state index contributed by atoms with van der Waals surface area (Å²) in [7, 11) is 0. The number of hydrogen-bond acceptors (Lipinski definition) is 3. The van der Waals surface area contributed by atoms with Crippen molar-refractivity contribution in [2.45, 2.75) is 19.4 Å². The van der Waals surface area contributed by atoms with Gasteiger partial charge in [-0.05, 0) is 24.2 Å². The lowest BCUT2D eigenvalue weighted by atomic mass is 9.87. The number of hydrogen-bond donors (Lipinski definition) is 0. The highest BCUT2D eigenvalue weighted by atomic mass is 16.8. The van der Waals surface area contributed by atoms with Crippen LogP contribution in [0.1, 0.15) is 13.3 Å². The van der Waals surface area contributed by atoms with Crippen LogP contribution < -0.4 is 0 Å². The maximum absolute atomic E-state index is 10.8. The highest BCUT2D eigenvalue weighted by Crippen LogP contribution is 2.50. The first-order chi connectivity index (χ1) is 6.75. The van der Waals surface area contributed by atoms with Crippen molar-refractivity contribution in [1.29, 1.82) is 0 Å². The topological polar surface area (TPSA) is 35.5 Å². The van der Waals surface area contributed by atoms with Gasteiger partial charge in [0.15, 0.2) is 0 Å². The molecule has 0 radical (unpaired) electrons. The molecule has 2 fully saturated rings. The van der Waals surface area contributed by atoms with E-state index in [9.17, 15) is 4.79 Å². The van der Waals surface area contributed by atoms with Crippen molar-refractivity contribution >= 4 is 6.16 Å². The second kappa shape index (κ2) is 2.75. The summed E-state index contributed by atoms with van der Waals surface area (Å²) in [6, 6.07) is 0. The number of allylic oxidation sites excluding steroid dienone is 2. The van der Waals surface area contributed by atoms with Crippen LogP contribution in [-0.2, 0) is 9.47 Å². The van der Waals surface area contributed by atoms with Gasteiger partial charge in [-0.3, -0.25) is 0 Å². The predicted octanol–water partition coefficient (Wildman–Crippen LogP) is 1.98. The van der Waals surface area contributed by atoms with Crippen molar-refractivity contribution in [3.63, 3.8) is 0 Å². The second-order valence-corrected chi connectivity index (χ2v) is 4.60. The lowest BCUT2D eigenvalue weighted by Crippen LogP contribution is -2.27. The lowest BCUT2D eigenvalue weighted by molar-refractivity contribution is 0.0890. The Balaban J connectivity index is 1.76. The molecule has 4 unspecified atom stereocenters. The number of rotatable bonds is 1. The van der Waals surface area contributed by atoms with E-state index in [0.717, 1.165) is 12.3 Å². The van der Waals surface area contributed by atoms with Gasteiger partial charge in [-0.15, -0.1) is 0 Å². The van der Waals surface area contributed by atoms with Crippen LogP contribution in [0.3, 0.4) is 0 Å². The zero-order chi connectivity index (χ0) is 9.71. The first-order valence-corrected chi connectivity index (χ1v) is 5.27. The second-order valence-electron chi connectivity index (χ2n) is 4.60. The van der Waals surface area contributed by atoms with Crippen LogP contribution in [0.5, 0.6) is 0 Å². The molecule has 1 saturated heterocycles. The summed E-state index contributed by atoms with van der Waals surface area (Å²) < 4.78 is 9.99. The smallest absolute Gasteiger partial charge is 0.430 e. The Morgan fingerprint density at radius 1 is 1.43 bits per heavy atom. The zero-order valence-electron chi connectivity index (χ0n) is 8.18. The summed E-state index contributed by atoms with van der Waals surface area (Å²) in [6.45, 7) is 2.74. The highest BCUT2D eigenvalue weighted by Gasteiger charge is 2.48. The molecular formula is C11H14O3. The first-order valence-electron chi connectivity index (χ1n) is 5.27. The van der Waals surface area contributed by atoms with E-state index in [-0.39, 0.29) is 6.10 Å². The predicted molar refractivity (Wildman–Crippen MR) is 49.6 cm³/mol. The number of carbonyl (C=O) groups excluding carboxylic acids is 1. The molecule has 1 saturated carbocycles. The molecule has 2 bridgehead atoms. The fourth-order valence-electron chi connectivity index (χ4n) is 3.16. The van der Waals surface area contributed by atoms with Gasteiger partial charge in [0.1, 0.15) is 12.7 Å². The van der Waals surface area contributed by atoms with Crippen molar-refractivity contribution in [2.24, 2.45) is 23.7 Å². The van der Waals surface area contributed by atoms with Gasteiger partial charge >= 0.3 is 6.16 Å². The van der Waals surface area contributed by atoms with Crippen LogP contribution in [-0.4, -0.2) is 18.9 Å². The van der Waals surface area contributed by atoms with Gasteiger partial charge in [0, 0.05) is 5.92 Å². The third-order valence-corrected chi connectivity index (χ3v) is 3.99. The third kappa shape index (κ3) is 1.01. The summed E-state index contributed by atoms with van der Waals surface area (Å²) in [5.74, 6) is 2.51. The average molecular weight is 194 g/mol. The summed E-state index contributed by atoms with van der Waals surface area (Å²) in [6.07, 6.45) is 5.27. The van der Waals surface area contributed by atoms with Gasteiger partial charge in [-0.2, -0.15) is 0 Å². The largest absolute Gasteiger partial charge is 0.508 e. The Hall–Kier alpha value is -0.990. The minimum Gasteiger partial charge on any atom is -0.430 e. The molecule has 3 heteroatoms. The molecule has 1 aliphatic heterocycles. The van der Waals surface area contributed by atoms with Crippen molar-refractivity contribution < 1.29 is 14.3 Å². The average Bonchev–Trinajstić information content (AvgIpc) is 2.82. The van der Waals surface area contributed by atoms with Crippen LogP contribution in [0.2, 0.25) is 0 Å². The molecule has 0 aromatic heterocycles. The number of ether oxygens (including phenoxy) is 2. The third-order valence-electron chi connectivity index (χ3n) is 3.99. The van der Waals surface area contributed by atoms with Gasteiger partial charge < -0.3 is 9.47 Å². The summed E-state index contributed by atoms with van der Waals surface area (Å²) in [5.41, 5.74) is 0. The van der Waals surface area contributed by atoms with Crippen LogP contribution in [0, 0.1) is 23.7 Å². The van der Waals surface area contributed by atoms with Crippen molar-refractivity contribution in [3.05, 3.63) is 12.2 Å². The van der Waals surface area contributed by atoms with E-state index in [4.69, 9.17) is 9.47 Å². The van der Waals surface area contributed by atoms with Gasteiger partial charge in [0.2, 0.25) is 0 Å². The monoisotopic (exact) mass is 194 g/mol. The molecule has 1 heterocycles. The molecule has 76 valence electrons. The van der Waals surface area contributed by atoms with Gasteiger partial charge in [-0.1, -0.05) is 19.1 Å². The van der Waals surface area contributed by atoms with Crippen LogP contribution >= 0.6 is 0 Å². The number of cyclic esters (lactones) is 2. The molecule has 3 rings (SSSR count). The molecule has 0 amide bonds. The summed E-state index contributed by atoms with van der Waals surface area (Å²) in [5, 5.41) is 0. The Kier molecular flexibility index (Phi) is 1.64. The fraction of sp³-hybridized carbons (Fsp3) is 0.727. The molecule has 0 N–H and O–H groups in total. The van der Waals surface area contributed by atoms with Gasteiger partial charge in [-0.25, -0.2) is 4.79 Å². The lowest BCUT2D eigenvalue weighted by Gasteiger charge is -2.22. The molecular weight excluding hydrogens is 180 g/mol. The minimum absolute atomic E-state index is 0.00454. The normalized spacial score (nSPS) is 49.5. The standard InChI is InChI=1S/C11H14O3/c1-6-7-2-3-8(6)9(4-7)10-5-13-11(12)14-10/h2-3,6-10H,4-5H2,1H3/t6-,7?,8?,9?,10?/m0/s1. The SMILES string of the molecule is C[C@H]1C2C=CC1C(C1COC(=O)O1)C2. The summed E-state index contributed by atoms with van der Waals surface area (Å²) >= 11 is 0. The highest BCUT2D eigenvalue weighted by molar-refractivity contribution is 5.62. The Labute approximate surface area is 83.1 Å². The molecule has 0 spiro atoms. The fourth-order valence-corrected chi connectivity index (χ4v) is 3.16. The van der Waals surface area contributed by atoms with Crippen molar-refractivity contribution in [1.82, 2.24) is 0 Å². The molecule has 2 aliphatic carbocycles. The van der Waals surface area contributed by atoms with Gasteiger partial charge in [0.25, 0.3) is 0 Å². The molecule has 3 nitrogen and oxygen atoms in total. The van der Waals surface area contributed by atoms with E-state index in [1.165, 1.54) is 0 Å². The molecule has 0 aromatic carbocycles. The van der Waals surface area contributed by atoms with Crippen LogP contribution in [0.15, 0.2) is 12.2 Å². The minimum atomic E-state index is -0.491. The van der Waals surface area contributed by atoms with E-state index in [0.29, 0.717) is 24.4 Å². The van der Waals surface area contributed by atoms with E-state index >= 15 is 0 Å². The molecule has 3 aliphatic rings. The number of fused-ring (bicyclic) bond motifs is 2. The summed E-state index contributed by atoms with van der Waals surface area (Å²) in [4.78, 5) is 10.8. The van der Waals surface area contributed by atoms with Crippen LogP contribution in [0.4, 0.5) is 4.79 Å².